The fourth-order valence-electron chi connectivity index (χ4n) is 5.60. The summed E-state index contributed by atoms with van der Waals surface area (Å²) in [6.45, 7) is 1.91. The van der Waals surface area contributed by atoms with Gasteiger partial charge in [0.1, 0.15) is 5.82 Å². The second kappa shape index (κ2) is 10.5. The Morgan fingerprint density at radius 3 is 2.52 bits per heavy atom. The van der Waals surface area contributed by atoms with E-state index in [4.69, 9.17) is 11.6 Å². The molecule has 6 nitrogen and oxygen atoms in total. The van der Waals surface area contributed by atoms with Crippen LogP contribution in [0.25, 0.3) is 0 Å². The summed E-state index contributed by atoms with van der Waals surface area (Å²) in [6.07, 6.45) is -0.728. The number of para-hydroxylation sites is 1. The summed E-state index contributed by atoms with van der Waals surface area (Å²) < 4.78 is 55.1. The molecular formula is C29H26ClF4N3O3. The van der Waals surface area contributed by atoms with Gasteiger partial charge < -0.3 is 15.3 Å². The molecule has 1 saturated carbocycles. The molecule has 11 heteroatoms. The maximum atomic E-state index is 14.9. The molecule has 0 saturated heterocycles. The van der Waals surface area contributed by atoms with E-state index in [0.29, 0.717) is 65.8 Å². The molecule has 0 spiro atoms. The van der Waals surface area contributed by atoms with Crippen LogP contribution in [-0.4, -0.2) is 34.5 Å². The Bertz CT molecular complexity index is 1470. The number of rotatable bonds is 5. The third-order valence-corrected chi connectivity index (χ3v) is 7.95. The molecule has 40 heavy (non-hydrogen) atoms. The maximum Gasteiger partial charge on any atom is 0.416 e. The number of halogens is 5. The van der Waals surface area contributed by atoms with Crippen LogP contribution in [0.4, 0.5) is 23.2 Å². The van der Waals surface area contributed by atoms with Crippen LogP contribution < -0.4 is 10.2 Å². The smallest absolute Gasteiger partial charge is 0.372 e. The summed E-state index contributed by atoms with van der Waals surface area (Å²) >= 11 is 5.98. The molecule has 1 atom stereocenters. The average molecular weight is 576 g/mol. The lowest BCUT2D eigenvalue weighted by Gasteiger charge is -2.32. The van der Waals surface area contributed by atoms with Crippen LogP contribution in [0.15, 0.2) is 54.7 Å². The Balaban J connectivity index is 1.32. The second-order valence-corrected chi connectivity index (χ2v) is 10.7. The first kappa shape index (κ1) is 28.0. The predicted molar refractivity (Wildman–Crippen MR) is 140 cm³/mol. The SMILES string of the molecule is Cc1ncc(Cl)cc1C(=O)NC1CCC(CN2C(=O)C(O)(c3cc(C(F)(F)F)ccc3F)c3ccccc32)CC1. The molecule has 2 amide bonds. The second-order valence-electron chi connectivity index (χ2n) is 10.3. The van der Waals surface area contributed by atoms with Crippen LogP contribution >= 0.6 is 11.6 Å². The number of carbonyl (C=O) groups is 2. The zero-order valence-electron chi connectivity index (χ0n) is 21.4. The normalized spacial score (nSPS) is 22.8. The summed E-state index contributed by atoms with van der Waals surface area (Å²) in [6, 6.07) is 9.35. The van der Waals surface area contributed by atoms with Crippen LogP contribution in [-0.2, 0) is 16.6 Å². The molecule has 5 rings (SSSR count). The number of aromatic nitrogens is 1. The van der Waals surface area contributed by atoms with E-state index in [9.17, 15) is 32.3 Å². The van der Waals surface area contributed by atoms with E-state index in [0.717, 1.165) is 0 Å². The predicted octanol–water partition coefficient (Wildman–Crippen LogP) is 5.77. The van der Waals surface area contributed by atoms with Gasteiger partial charge in [0.25, 0.3) is 11.8 Å². The van der Waals surface area contributed by atoms with Gasteiger partial charge in [0, 0.05) is 29.9 Å². The minimum absolute atomic E-state index is 0.00608. The lowest BCUT2D eigenvalue weighted by atomic mass is 9.85. The Morgan fingerprint density at radius 1 is 1.12 bits per heavy atom. The summed E-state index contributed by atoms with van der Waals surface area (Å²) in [4.78, 5) is 31.9. The van der Waals surface area contributed by atoms with Crippen LogP contribution in [0.3, 0.4) is 0 Å². The first-order valence-corrected chi connectivity index (χ1v) is 13.2. The van der Waals surface area contributed by atoms with Crippen molar-refractivity contribution in [3.8, 4) is 0 Å². The van der Waals surface area contributed by atoms with Crippen molar-refractivity contribution in [2.45, 2.75) is 50.4 Å². The van der Waals surface area contributed by atoms with Gasteiger partial charge in [0.2, 0.25) is 0 Å². The zero-order valence-corrected chi connectivity index (χ0v) is 22.2. The van der Waals surface area contributed by atoms with E-state index in [1.54, 1.807) is 25.1 Å². The molecule has 3 aromatic rings. The van der Waals surface area contributed by atoms with Crippen molar-refractivity contribution in [3.05, 3.63) is 93.5 Å². The van der Waals surface area contributed by atoms with Gasteiger partial charge in [-0.15, -0.1) is 0 Å². The molecule has 2 N–H and O–H groups in total. The number of hydrogen-bond acceptors (Lipinski definition) is 4. The van der Waals surface area contributed by atoms with Crippen molar-refractivity contribution in [2.75, 3.05) is 11.4 Å². The van der Waals surface area contributed by atoms with E-state index in [-0.39, 0.29) is 30.0 Å². The highest BCUT2D eigenvalue weighted by molar-refractivity contribution is 6.30. The van der Waals surface area contributed by atoms with Crippen molar-refractivity contribution in [2.24, 2.45) is 5.92 Å². The topological polar surface area (TPSA) is 82.5 Å². The number of amides is 2. The monoisotopic (exact) mass is 575 g/mol. The number of hydrogen-bond donors (Lipinski definition) is 2. The molecule has 0 bridgehead atoms. The third kappa shape index (κ3) is 5.06. The summed E-state index contributed by atoms with van der Waals surface area (Å²) in [5, 5.41) is 15.0. The van der Waals surface area contributed by atoms with Gasteiger partial charge in [-0.1, -0.05) is 29.8 Å². The number of benzene rings is 2. The highest BCUT2D eigenvalue weighted by Crippen LogP contribution is 2.47. The van der Waals surface area contributed by atoms with Gasteiger partial charge in [-0.05, 0) is 68.9 Å². The molecule has 1 aliphatic heterocycles. The van der Waals surface area contributed by atoms with E-state index < -0.39 is 34.6 Å². The number of carbonyl (C=O) groups excluding carboxylic acids is 2. The van der Waals surface area contributed by atoms with Crippen LogP contribution in [0, 0.1) is 18.7 Å². The number of aliphatic hydroxyl groups is 1. The Hall–Kier alpha value is -3.50. The van der Waals surface area contributed by atoms with E-state index >= 15 is 0 Å². The molecular weight excluding hydrogens is 550 g/mol. The molecule has 0 radical (unpaired) electrons. The van der Waals surface area contributed by atoms with Gasteiger partial charge in [-0.3, -0.25) is 14.6 Å². The van der Waals surface area contributed by atoms with Gasteiger partial charge in [0.15, 0.2) is 5.60 Å². The number of fused-ring (bicyclic) bond motifs is 1. The van der Waals surface area contributed by atoms with E-state index in [1.807, 2.05) is 0 Å². The number of nitrogens with zero attached hydrogens (tertiary/aromatic N) is 2. The first-order chi connectivity index (χ1) is 18.9. The third-order valence-electron chi connectivity index (χ3n) is 7.74. The van der Waals surface area contributed by atoms with Crippen molar-refractivity contribution in [1.29, 1.82) is 0 Å². The minimum Gasteiger partial charge on any atom is -0.372 e. The highest BCUT2D eigenvalue weighted by Gasteiger charge is 2.53. The zero-order chi connectivity index (χ0) is 28.8. The molecule has 1 aromatic heterocycles. The Morgan fingerprint density at radius 2 is 1.82 bits per heavy atom. The largest absolute Gasteiger partial charge is 0.416 e. The average Bonchev–Trinajstić information content (AvgIpc) is 3.13. The molecule has 2 heterocycles. The van der Waals surface area contributed by atoms with Crippen molar-refractivity contribution in [1.82, 2.24) is 10.3 Å². The fourth-order valence-corrected chi connectivity index (χ4v) is 5.76. The Kier molecular flexibility index (Phi) is 7.35. The first-order valence-electron chi connectivity index (χ1n) is 12.8. The van der Waals surface area contributed by atoms with Gasteiger partial charge in [-0.25, -0.2) is 4.39 Å². The maximum absolute atomic E-state index is 14.9. The molecule has 2 aromatic carbocycles. The number of alkyl halides is 3. The standard InChI is InChI=1S/C29H26ClF4N3O3/c1-16-21(13-19(30)14-35-16)26(38)36-20-9-6-17(7-10-20)15-37-25-5-3-2-4-22(25)28(40,27(37)39)23-12-18(29(32,33)34)8-11-24(23)31/h2-5,8,11-14,17,20,40H,6-7,9-10,15H2,1H3,(H,36,38). The number of nitrogens with one attached hydrogen (secondary N) is 1. The number of anilines is 1. The molecule has 2 aliphatic rings. The molecule has 1 fully saturated rings. The van der Waals surface area contributed by atoms with Crippen LogP contribution in [0.1, 0.15) is 58.4 Å². The molecule has 1 unspecified atom stereocenters. The van der Waals surface area contributed by atoms with Gasteiger partial charge in [-0.2, -0.15) is 13.2 Å². The van der Waals surface area contributed by atoms with Gasteiger partial charge >= 0.3 is 6.18 Å². The van der Waals surface area contributed by atoms with Crippen molar-refractivity contribution in [3.63, 3.8) is 0 Å². The van der Waals surface area contributed by atoms with E-state index in [2.05, 4.69) is 10.3 Å². The van der Waals surface area contributed by atoms with E-state index in [1.165, 1.54) is 23.2 Å². The van der Waals surface area contributed by atoms with Crippen LogP contribution in [0.5, 0.6) is 0 Å². The number of aryl methyl sites for hydroxylation is 1. The highest BCUT2D eigenvalue weighted by atomic mass is 35.5. The van der Waals surface area contributed by atoms with Crippen molar-refractivity contribution < 1.29 is 32.3 Å². The minimum atomic E-state index is -4.78. The number of pyridine rings is 1. The Labute approximate surface area is 233 Å². The van der Waals surface area contributed by atoms with Crippen LogP contribution in [0.2, 0.25) is 5.02 Å². The molecule has 210 valence electrons. The molecule has 1 aliphatic carbocycles. The summed E-state index contributed by atoms with van der Waals surface area (Å²) in [5.41, 5.74) is -3.18. The lowest BCUT2D eigenvalue weighted by molar-refractivity contribution is -0.138. The lowest BCUT2D eigenvalue weighted by Crippen LogP contribution is -2.45. The summed E-state index contributed by atoms with van der Waals surface area (Å²) in [7, 11) is 0. The van der Waals surface area contributed by atoms with Gasteiger partial charge in [0.05, 0.1) is 27.5 Å². The quantitative estimate of drug-likeness (QED) is 0.378. The fraction of sp³-hybridized carbons (Fsp3) is 0.345. The van der Waals surface area contributed by atoms with Crippen molar-refractivity contribution >= 4 is 29.1 Å². The summed E-state index contributed by atoms with van der Waals surface area (Å²) in [5.74, 6) is -2.28.